The van der Waals surface area contributed by atoms with Crippen molar-refractivity contribution in [3.8, 4) is 17.4 Å². The summed E-state index contributed by atoms with van der Waals surface area (Å²) in [5, 5.41) is 11.0. The molecule has 0 radical (unpaired) electrons. The number of carbonyl (C=O) groups excluding carboxylic acids is 2. The summed E-state index contributed by atoms with van der Waals surface area (Å²) < 4.78 is 9.94. The standard InChI is InChI=1S/C15H12N2O4/c1-20-15(19)13-7-6-12(21-13)10-2-4-11(5-3-10)17-14(18)8-9-16/h2-7H,8H2,1H3,(H,17,18). The zero-order chi connectivity index (χ0) is 15.2. The Bertz CT molecular complexity index is 695. The Labute approximate surface area is 120 Å². The van der Waals surface area contributed by atoms with E-state index in [0.29, 0.717) is 11.4 Å². The van der Waals surface area contributed by atoms with Crippen molar-refractivity contribution in [2.24, 2.45) is 0 Å². The Morgan fingerprint density at radius 1 is 1.24 bits per heavy atom. The lowest BCUT2D eigenvalue weighted by atomic mass is 10.1. The van der Waals surface area contributed by atoms with Gasteiger partial charge in [0.1, 0.15) is 12.2 Å². The molecule has 0 fully saturated rings. The summed E-state index contributed by atoms with van der Waals surface area (Å²) in [6, 6.07) is 11.8. The molecule has 0 spiro atoms. The van der Waals surface area contributed by atoms with Crippen LogP contribution < -0.4 is 5.32 Å². The van der Waals surface area contributed by atoms with Crippen LogP contribution in [0.15, 0.2) is 40.8 Å². The van der Waals surface area contributed by atoms with E-state index in [1.165, 1.54) is 13.2 Å². The smallest absolute Gasteiger partial charge is 0.373 e. The van der Waals surface area contributed by atoms with Crippen LogP contribution in [0.4, 0.5) is 5.69 Å². The van der Waals surface area contributed by atoms with Gasteiger partial charge < -0.3 is 14.5 Å². The van der Waals surface area contributed by atoms with Crippen LogP contribution in [0.1, 0.15) is 17.0 Å². The number of methoxy groups -OCH3 is 1. The van der Waals surface area contributed by atoms with Gasteiger partial charge in [0, 0.05) is 11.3 Å². The molecule has 0 saturated carbocycles. The van der Waals surface area contributed by atoms with E-state index in [2.05, 4.69) is 10.1 Å². The minimum absolute atomic E-state index is 0.124. The monoisotopic (exact) mass is 284 g/mol. The van der Waals surface area contributed by atoms with Crippen LogP contribution in [0.5, 0.6) is 0 Å². The maximum Gasteiger partial charge on any atom is 0.373 e. The predicted octanol–water partition coefficient (Wildman–Crippen LogP) is 2.59. The summed E-state index contributed by atoms with van der Waals surface area (Å²) in [6.07, 6.45) is -0.192. The quantitative estimate of drug-likeness (QED) is 0.871. The number of ether oxygens (including phenoxy) is 1. The van der Waals surface area contributed by atoms with Crippen LogP contribution in [0.25, 0.3) is 11.3 Å². The number of furan rings is 1. The Morgan fingerprint density at radius 3 is 2.57 bits per heavy atom. The zero-order valence-corrected chi connectivity index (χ0v) is 11.3. The average Bonchev–Trinajstić information content (AvgIpc) is 2.97. The molecular weight excluding hydrogens is 272 g/mol. The van der Waals surface area contributed by atoms with Crippen molar-refractivity contribution in [2.75, 3.05) is 12.4 Å². The highest BCUT2D eigenvalue weighted by Gasteiger charge is 2.12. The van der Waals surface area contributed by atoms with Gasteiger partial charge in [-0.3, -0.25) is 4.79 Å². The Kier molecular flexibility index (Phi) is 4.36. The molecule has 0 unspecified atom stereocenters. The van der Waals surface area contributed by atoms with Gasteiger partial charge in [0.25, 0.3) is 0 Å². The number of rotatable bonds is 4. The maximum absolute atomic E-state index is 11.3. The fraction of sp³-hybridized carbons (Fsp3) is 0.133. The highest BCUT2D eigenvalue weighted by Crippen LogP contribution is 2.24. The third-order valence-corrected chi connectivity index (χ3v) is 2.69. The average molecular weight is 284 g/mol. The SMILES string of the molecule is COC(=O)c1ccc(-c2ccc(NC(=O)CC#N)cc2)o1. The number of carbonyl (C=O) groups is 2. The number of nitriles is 1. The third-order valence-electron chi connectivity index (χ3n) is 2.69. The van der Waals surface area contributed by atoms with Crippen LogP contribution in [-0.4, -0.2) is 19.0 Å². The maximum atomic E-state index is 11.3. The van der Waals surface area contributed by atoms with Crippen molar-refractivity contribution in [1.82, 2.24) is 0 Å². The normalized spacial score (nSPS) is 9.71. The van der Waals surface area contributed by atoms with Gasteiger partial charge in [0.05, 0.1) is 13.2 Å². The topological polar surface area (TPSA) is 92.3 Å². The summed E-state index contributed by atoms with van der Waals surface area (Å²) in [5.74, 6) is -0.262. The van der Waals surface area contributed by atoms with E-state index in [-0.39, 0.29) is 18.1 Å². The lowest BCUT2D eigenvalue weighted by molar-refractivity contribution is -0.115. The van der Waals surface area contributed by atoms with E-state index in [1.54, 1.807) is 36.4 Å². The Morgan fingerprint density at radius 2 is 1.95 bits per heavy atom. The fourth-order valence-electron chi connectivity index (χ4n) is 1.70. The minimum atomic E-state index is -0.540. The van der Waals surface area contributed by atoms with E-state index in [1.807, 2.05) is 0 Å². The second kappa shape index (κ2) is 6.39. The van der Waals surface area contributed by atoms with Gasteiger partial charge in [-0.2, -0.15) is 5.26 Å². The number of hydrogen-bond donors (Lipinski definition) is 1. The summed E-state index contributed by atoms with van der Waals surface area (Å²) in [4.78, 5) is 22.6. The molecule has 106 valence electrons. The lowest BCUT2D eigenvalue weighted by Crippen LogP contribution is -2.09. The molecule has 2 aromatic rings. The molecule has 2 rings (SSSR count). The first-order chi connectivity index (χ1) is 10.1. The van der Waals surface area contributed by atoms with Gasteiger partial charge in [-0.05, 0) is 36.4 Å². The van der Waals surface area contributed by atoms with Gasteiger partial charge in [-0.25, -0.2) is 4.79 Å². The highest BCUT2D eigenvalue weighted by atomic mass is 16.5. The van der Waals surface area contributed by atoms with E-state index in [4.69, 9.17) is 9.68 Å². The molecule has 21 heavy (non-hydrogen) atoms. The van der Waals surface area contributed by atoms with Crippen molar-refractivity contribution < 1.29 is 18.7 Å². The molecule has 6 heteroatoms. The van der Waals surface area contributed by atoms with E-state index >= 15 is 0 Å². The zero-order valence-electron chi connectivity index (χ0n) is 11.3. The second-order valence-electron chi connectivity index (χ2n) is 4.12. The lowest BCUT2D eigenvalue weighted by Gasteiger charge is -2.03. The highest BCUT2D eigenvalue weighted by molar-refractivity contribution is 5.92. The van der Waals surface area contributed by atoms with Crippen molar-refractivity contribution >= 4 is 17.6 Å². The number of amides is 1. The molecule has 1 N–H and O–H groups in total. The minimum Gasteiger partial charge on any atom is -0.463 e. The van der Waals surface area contributed by atoms with Crippen molar-refractivity contribution in [2.45, 2.75) is 6.42 Å². The van der Waals surface area contributed by atoms with Gasteiger partial charge in [-0.1, -0.05) is 0 Å². The second-order valence-corrected chi connectivity index (χ2v) is 4.12. The summed E-state index contributed by atoms with van der Waals surface area (Å²) in [5.41, 5.74) is 1.34. The molecule has 6 nitrogen and oxygen atoms in total. The Hall–Kier alpha value is -3.07. The third kappa shape index (κ3) is 3.48. The number of anilines is 1. The van der Waals surface area contributed by atoms with Crippen LogP contribution in [0, 0.1) is 11.3 Å². The largest absolute Gasteiger partial charge is 0.463 e. The summed E-state index contributed by atoms with van der Waals surface area (Å²) in [7, 11) is 1.28. The molecule has 1 aromatic heterocycles. The predicted molar refractivity (Wildman–Crippen MR) is 74.3 cm³/mol. The fourth-order valence-corrected chi connectivity index (χ4v) is 1.70. The molecule has 1 heterocycles. The molecule has 1 amide bonds. The molecule has 0 aliphatic rings. The van der Waals surface area contributed by atoms with E-state index in [0.717, 1.165) is 5.56 Å². The van der Waals surface area contributed by atoms with E-state index < -0.39 is 5.97 Å². The summed E-state index contributed by atoms with van der Waals surface area (Å²) >= 11 is 0. The first-order valence-electron chi connectivity index (χ1n) is 6.09. The van der Waals surface area contributed by atoms with Crippen LogP contribution in [0.3, 0.4) is 0 Å². The van der Waals surface area contributed by atoms with Crippen LogP contribution in [-0.2, 0) is 9.53 Å². The van der Waals surface area contributed by atoms with Crippen LogP contribution in [0.2, 0.25) is 0 Å². The van der Waals surface area contributed by atoms with Crippen molar-refractivity contribution in [3.63, 3.8) is 0 Å². The Balaban J connectivity index is 2.12. The first-order valence-corrected chi connectivity index (χ1v) is 6.09. The first kappa shape index (κ1) is 14.3. The van der Waals surface area contributed by atoms with Crippen LogP contribution >= 0.6 is 0 Å². The molecule has 0 saturated heterocycles. The number of benzene rings is 1. The summed E-state index contributed by atoms with van der Waals surface area (Å²) in [6.45, 7) is 0. The van der Waals surface area contributed by atoms with Crippen molar-refractivity contribution in [3.05, 3.63) is 42.2 Å². The van der Waals surface area contributed by atoms with Crippen molar-refractivity contribution in [1.29, 1.82) is 5.26 Å². The van der Waals surface area contributed by atoms with E-state index in [9.17, 15) is 9.59 Å². The number of hydrogen-bond acceptors (Lipinski definition) is 5. The molecule has 1 aromatic carbocycles. The molecule has 0 atom stereocenters. The molecule has 0 aliphatic heterocycles. The van der Waals surface area contributed by atoms with Gasteiger partial charge in [0.2, 0.25) is 11.7 Å². The molecular formula is C15H12N2O4. The van der Waals surface area contributed by atoms with Gasteiger partial charge in [0.15, 0.2) is 0 Å². The number of nitrogens with zero attached hydrogens (tertiary/aromatic N) is 1. The number of nitrogens with one attached hydrogen (secondary N) is 1. The van der Waals surface area contributed by atoms with Gasteiger partial charge in [-0.15, -0.1) is 0 Å². The number of esters is 1. The van der Waals surface area contributed by atoms with Gasteiger partial charge >= 0.3 is 5.97 Å². The molecule has 0 bridgehead atoms. The molecule has 0 aliphatic carbocycles.